The summed E-state index contributed by atoms with van der Waals surface area (Å²) in [6.07, 6.45) is 5.35. The van der Waals surface area contributed by atoms with Crippen molar-refractivity contribution >= 4 is 5.91 Å². The van der Waals surface area contributed by atoms with Crippen LogP contribution in [-0.2, 0) is 9.53 Å². The number of primary amides is 1. The average molecular weight is 283 g/mol. The summed E-state index contributed by atoms with van der Waals surface area (Å²) >= 11 is 0. The van der Waals surface area contributed by atoms with Crippen LogP contribution in [-0.4, -0.2) is 54.7 Å². The molecular weight excluding hydrogens is 254 g/mol. The Morgan fingerprint density at radius 2 is 2.25 bits per heavy atom. The van der Waals surface area contributed by atoms with Crippen LogP contribution in [0.2, 0.25) is 0 Å². The van der Waals surface area contributed by atoms with E-state index in [1.807, 2.05) is 0 Å². The third kappa shape index (κ3) is 3.51. The Hall–Kier alpha value is -0.650. The lowest BCUT2D eigenvalue weighted by Crippen LogP contribution is -2.56. The molecule has 0 aromatic heterocycles. The van der Waals surface area contributed by atoms with E-state index in [9.17, 15) is 4.79 Å². The largest absolute Gasteiger partial charge is 0.377 e. The first-order valence-electron chi connectivity index (χ1n) is 7.82. The predicted molar refractivity (Wildman–Crippen MR) is 79.4 cm³/mol. The molecule has 0 radical (unpaired) electrons. The number of likely N-dealkylation sites (N-methyl/N-ethyl adjacent to an activating group) is 1. The summed E-state index contributed by atoms with van der Waals surface area (Å²) < 4.78 is 5.70. The second-order valence-corrected chi connectivity index (χ2v) is 6.72. The van der Waals surface area contributed by atoms with Crippen LogP contribution in [0.5, 0.6) is 0 Å². The molecule has 1 saturated carbocycles. The summed E-state index contributed by atoms with van der Waals surface area (Å²) in [5.74, 6) is -0.209. The fraction of sp³-hybridized carbons (Fsp3) is 0.933. The summed E-state index contributed by atoms with van der Waals surface area (Å²) in [4.78, 5) is 14.2. The summed E-state index contributed by atoms with van der Waals surface area (Å²) in [6.45, 7) is 5.98. The monoisotopic (exact) mass is 283 g/mol. The highest BCUT2D eigenvalue weighted by Gasteiger charge is 2.45. The van der Waals surface area contributed by atoms with Crippen LogP contribution in [0.4, 0.5) is 0 Å². The first-order chi connectivity index (χ1) is 9.43. The summed E-state index contributed by atoms with van der Waals surface area (Å²) in [5, 5.41) is 3.40. The van der Waals surface area contributed by atoms with Crippen molar-refractivity contribution in [3.05, 3.63) is 0 Å². The Labute approximate surface area is 122 Å². The van der Waals surface area contributed by atoms with Crippen molar-refractivity contribution in [3.63, 3.8) is 0 Å². The van der Waals surface area contributed by atoms with Gasteiger partial charge in [0, 0.05) is 25.2 Å². The number of carbonyl (C=O) groups is 1. The zero-order valence-corrected chi connectivity index (χ0v) is 13.0. The lowest BCUT2D eigenvalue weighted by Gasteiger charge is -2.32. The first kappa shape index (κ1) is 15.7. The van der Waals surface area contributed by atoms with Crippen molar-refractivity contribution in [2.75, 3.05) is 20.2 Å². The lowest BCUT2D eigenvalue weighted by atomic mass is 9.95. The first-order valence-corrected chi connectivity index (χ1v) is 7.82. The third-order valence-electron chi connectivity index (χ3n) is 4.66. The number of nitrogens with one attached hydrogen (secondary N) is 1. The molecule has 0 bridgehead atoms. The van der Waals surface area contributed by atoms with E-state index in [4.69, 9.17) is 10.5 Å². The molecule has 2 aliphatic rings. The molecule has 5 heteroatoms. The van der Waals surface area contributed by atoms with Crippen molar-refractivity contribution in [2.24, 2.45) is 5.73 Å². The number of ether oxygens (including phenoxy) is 1. The number of amides is 1. The standard InChI is InChI=1S/C15H29N3O2/c1-11(2)17-15(14(16)19)7-6-12(9-15)18(3)10-13-5-4-8-20-13/h11-13,17H,4-10H2,1-3H3,(H2,16,19). The average Bonchev–Trinajstić information content (AvgIpc) is 2.98. The Bertz CT molecular complexity index is 342. The van der Waals surface area contributed by atoms with Gasteiger partial charge in [-0.25, -0.2) is 0 Å². The number of nitrogens with two attached hydrogens (primary N) is 1. The number of nitrogens with zero attached hydrogens (tertiary/aromatic N) is 1. The zero-order chi connectivity index (χ0) is 14.8. The van der Waals surface area contributed by atoms with Crippen molar-refractivity contribution in [1.29, 1.82) is 0 Å². The third-order valence-corrected chi connectivity index (χ3v) is 4.66. The molecule has 116 valence electrons. The second-order valence-electron chi connectivity index (χ2n) is 6.72. The van der Waals surface area contributed by atoms with E-state index in [-0.39, 0.29) is 11.9 Å². The van der Waals surface area contributed by atoms with Crippen molar-refractivity contribution in [2.45, 2.75) is 69.7 Å². The van der Waals surface area contributed by atoms with Gasteiger partial charge in [-0.2, -0.15) is 0 Å². The van der Waals surface area contributed by atoms with E-state index < -0.39 is 5.54 Å². The number of hydrogen-bond acceptors (Lipinski definition) is 4. The van der Waals surface area contributed by atoms with Crippen LogP contribution in [0, 0.1) is 0 Å². The second kappa shape index (κ2) is 6.41. The van der Waals surface area contributed by atoms with Gasteiger partial charge in [-0.15, -0.1) is 0 Å². The Kier molecular flexibility index (Phi) is 5.04. The van der Waals surface area contributed by atoms with Gasteiger partial charge in [0.15, 0.2) is 0 Å². The molecule has 5 nitrogen and oxygen atoms in total. The minimum absolute atomic E-state index is 0.209. The topological polar surface area (TPSA) is 67.6 Å². The number of rotatable bonds is 6. The van der Waals surface area contributed by atoms with Crippen LogP contribution >= 0.6 is 0 Å². The van der Waals surface area contributed by atoms with Crippen molar-refractivity contribution in [1.82, 2.24) is 10.2 Å². The molecule has 0 aromatic carbocycles. The molecule has 2 fully saturated rings. The number of hydrogen-bond donors (Lipinski definition) is 2. The summed E-state index contributed by atoms with van der Waals surface area (Å²) in [7, 11) is 2.14. The molecule has 3 N–H and O–H groups in total. The molecule has 1 aliphatic carbocycles. The minimum atomic E-state index is -0.524. The van der Waals surface area contributed by atoms with Crippen LogP contribution in [0.25, 0.3) is 0 Å². The Balaban J connectivity index is 1.93. The summed E-state index contributed by atoms with van der Waals surface area (Å²) in [6, 6.07) is 0.683. The minimum Gasteiger partial charge on any atom is -0.377 e. The van der Waals surface area contributed by atoms with Gasteiger partial charge >= 0.3 is 0 Å². The maximum Gasteiger partial charge on any atom is 0.237 e. The molecule has 1 aliphatic heterocycles. The molecule has 2 rings (SSSR count). The SMILES string of the molecule is CC(C)NC1(C(N)=O)CCC(N(C)CC2CCCO2)C1. The van der Waals surface area contributed by atoms with E-state index in [0.29, 0.717) is 12.1 Å². The van der Waals surface area contributed by atoms with Gasteiger partial charge in [-0.3, -0.25) is 4.79 Å². The van der Waals surface area contributed by atoms with Gasteiger partial charge in [0.2, 0.25) is 5.91 Å². The molecule has 0 aromatic rings. The van der Waals surface area contributed by atoms with Crippen LogP contribution in [0.3, 0.4) is 0 Å². The zero-order valence-electron chi connectivity index (χ0n) is 13.0. The Morgan fingerprint density at radius 1 is 1.50 bits per heavy atom. The smallest absolute Gasteiger partial charge is 0.237 e. The quantitative estimate of drug-likeness (QED) is 0.759. The predicted octanol–water partition coefficient (Wildman–Crippen LogP) is 0.872. The molecular formula is C15H29N3O2. The maximum atomic E-state index is 11.9. The van der Waals surface area contributed by atoms with E-state index in [1.165, 1.54) is 6.42 Å². The van der Waals surface area contributed by atoms with Crippen LogP contribution < -0.4 is 11.1 Å². The molecule has 1 amide bonds. The fourth-order valence-corrected chi connectivity index (χ4v) is 3.63. The van der Waals surface area contributed by atoms with Gasteiger partial charge in [-0.1, -0.05) is 0 Å². The lowest BCUT2D eigenvalue weighted by molar-refractivity contribution is -0.124. The van der Waals surface area contributed by atoms with E-state index in [2.05, 4.69) is 31.1 Å². The van der Waals surface area contributed by atoms with Crippen LogP contribution in [0.1, 0.15) is 46.0 Å². The molecule has 1 heterocycles. The maximum absolute atomic E-state index is 11.9. The molecule has 0 spiro atoms. The molecule has 3 unspecified atom stereocenters. The molecule has 3 atom stereocenters. The van der Waals surface area contributed by atoms with Gasteiger partial charge in [-0.05, 0) is 53.0 Å². The van der Waals surface area contributed by atoms with E-state index >= 15 is 0 Å². The van der Waals surface area contributed by atoms with Crippen molar-refractivity contribution < 1.29 is 9.53 Å². The van der Waals surface area contributed by atoms with E-state index in [0.717, 1.165) is 38.8 Å². The highest BCUT2D eigenvalue weighted by atomic mass is 16.5. The van der Waals surface area contributed by atoms with E-state index in [1.54, 1.807) is 0 Å². The van der Waals surface area contributed by atoms with Crippen LogP contribution in [0.15, 0.2) is 0 Å². The van der Waals surface area contributed by atoms with Gasteiger partial charge in [0.25, 0.3) is 0 Å². The highest BCUT2D eigenvalue weighted by molar-refractivity contribution is 5.85. The Morgan fingerprint density at radius 3 is 2.80 bits per heavy atom. The van der Waals surface area contributed by atoms with Gasteiger partial charge in [0.05, 0.1) is 11.6 Å². The molecule has 20 heavy (non-hydrogen) atoms. The normalized spacial score (nSPS) is 34.2. The van der Waals surface area contributed by atoms with Gasteiger partial charge < -0.3 is 20.7 Å². The van der Waals surface area contributed by atoms with Crippen molar-refractivity contribution in [3.8, 4) is 0 Å². The highest BCUT2D eigenvalue weighted by Crippen LogP contribution is 2.33. The molecule has 1 saturated heterocycles. The fourth-order valence-electron chi connectivity index (χ4n) is 3.63. The number of carbonyl (C=O) groups excluding carboxylic acids is 1. The summed E-state index contributed by atoms with van der Waals surface area (Å²) in [5.41, 5.74) is 5.14. The van der Waals surface area contributed by atoms with Gasteiger partial charge in [0.1, 0.15) is 0 Å².